The molecule has 1 fully saturated rings. The zero-order chi connectivity index (χ0) is 29.4. The van der Waals surface area contributed by atoms with Crippen molar-refractivity contribution in [1.29, 1.82) is 0 Å². The molecule has 2 aliphatic rings. The van der Waals surface area contributed by atoms with Crippen molar-refractivity contribution >= 4 is 70.6 Å². The molecule has 2 aromatic rings. The molecule has 2 heterocycles. The van der Waals surface area contributed by atoms with E-state index in [1.807, 2.05) is 36.4 Å². The predicted octanol–water partition coefficient (Wildman–Crippen LogP) is 2.89. The van der Waals surface area contributed by atoms with Crippen LogP contribution in [0.5, 0.6) is 5.75 Å². The van der Waals surface area contributed by atoms with Crippen LogP contribution < -0.4 is 21.5 Å². The average molecular weight is 636 g/mol. The molecule has 218 valence electrons. The normalized spacial score (nSPS) is 17.8. The lowest BCUT2D eigenvalue weighted by Gasteiger charge is -2.49. The number of nitrogens with one attached hydrogen (secondary N) is 1. The van der Waals surface area contributed by atoms with Gasteiger partial charge in [-0.15, -0.1) is 23.4 Å². The van der Waals surface area contributed by atoms with E-state index < -0.39 is 17.4 Å². The lowest BCUT2D eigenvalue weighted by molar-refractivity contribution is -0.153. The third-order valence-corrected chi connectivity index (χ3v) is 9.98. The maximum atomic E-state index is 13.5. The number of guanidine groups is 1. The maximum absolute atomic E-state index is 13.5. The summed E-state index contributed by atoms with van der Waals surface area (Å²) in [4.78, 5) is 46.3. The number of fused-ring (bicyclic) bond motifs is 1. The number of carbonyl (C=O) groups excluding carboxylic acids is 3. The second-order valence-electron chi connectivity index (χ2n) is 8.85. The topological polar surface area (TPSA) is 149 Å². The molecule has 0 saturated carbocycles. The molecule has 0 unspecified atom stereocenters. The van der Waals surface area contributed by atoms with Gasteiger partial charge in [0.15, 0.2) is 5.96 Å². The minimum atomic E-state index is -0.739. The third-order valence-electron chi connectivity index (χ3n) is 6.09. The van der Waals surface area contributed by atoms with Crippen LogP contribution in [-0.4, -0.2) is 71.0 Å². The number of hydrogen-bond donors (Lipinski definition) is 3. The van der Waals surface area contributed by atoms with Crippen molar-refractivity contribution in [2.24, 2.45) is 16.5 Å². The second kappa shape index (κ2) is 14.8. The third kappa shape index (κ3) is 7.85. The molecule has 4 rings (SSSR count). The summed E-state index contributed by atoms with van der Waals surface area (Å²) >= 11 is 10.4. The summed E-state index contributed by atoms with van der Waals surface area (Å²) in [5.74, 6) is 0.938. The molecule has 41 heavy (non-hydrogen) atoms. The Labute approximate surface area is 256 Å². The van der Waals surface area contributed by atoms with Gasteiger partial charge in [0.25, 0.3) is 5.91 Å². The van der Waals surface area contributed by atoms with E-state index >= 15 is 0 Å². The zero-order valence-electron chi connectivity index (χ0n) is 22.2. The molecule has 0 bridgehead atoms. The Morgan fingerprint density at radius 1 is 1.20 bits per heavy atom. The number of esters is 1. The Hall–Kier alpha value is -3.00. The largest absolute Gasteiger partial charge is 0.497 e. The van der Waals surface area contributed by atoms with Crippen LogP contribution in [0.4, 0.5) is 0 Å². The highest BCUT2D eigenvalue weighted by atomic mass is 35.5. The van der Waals surface area contributed by atoms with Gasteiger partial charge < -0.3 is 26.3 Å². The molecule has 14 heteroatoms. The minimum Gasteiger partial charge on any atom is -0.497 e. The van der Waals surface area contributed by atoms with Crippen LogP contribution in [0.1, 0.15) is 11.1 Å². The van der Waals surface area contributed by atoms with E-state index in [-0.39, 0.29) is 35.8 Å². The molecule has 0 radical (unpaired) electrons. The molecule has 0 aliphatic carbocycles. The molecule has 2 aromatic carbocycles. The van der Waals surface area contributed by atoms with Gasteiger partial charge in [0, 0.05) is 27.2 Å². The van der Waals surface area contributed by atoms with Gasteiger partial charge in [-0.25, -0.2) is 4.79 Å². The van der Waals surface area contributed by atoms with Gasteiger partial charge in [-0.3, -0.25) is 19.5 Å². The second-order valence-corrected chi connectivity index (χ2v) is 12.5. The van der Waals surface area contributed by atoms with Gasteiger partial charge in [-0.1, -0.05) is 42.1 Å². The summed E-state index contributed by atoms with van der Waals surface area (Å²) in [5.41, 5.74) is 12.5. The first-order chi connectivity index (χ1) is 19.8. The van der Waals surface area contributed by atoms with Crippen molar-refractivity contribution in [3.63, 3.8) is 0 Å². The fraction of sp³-hybridized carbons (Fsp3) is 0.333. The number of ether oxygens (including phenoxy) is 2. The molecule has 0 aromatic heterocycles. The van der Waals surface area contributed by atoms with E-state index in [4.69, 9.17) is 32.5 Å². The standard InChI is InChI=1S/C27H30ClN5O5S3/c1-37-18-8-6-16(7-9-18)13-38-26(36)23-20(41-19-5-3-2-4-17(19)12-28)14-40-25-22(24(35)33(23)25)32-21(34)15-39-11-10-31-27(29)30/h2-9,22,25H,10-15H2,1H3,(H,32,34)(H4,29,30,31)/t22-,25-/m1/s1. The van der Waals surface area contributed by atoms with Crippen LogP contribution in [0.2, 0.25) is 0 Å². The molecule has 5 N–H and O–H groups in total. The molecule has 2 atom stereocenters. The number of methoxy groups -OCH3 is 1. The molecule has 10 nitrogen and oxygen atoms in total. The fourth-order valence-electron chi connectivity index (χ4n) is 4.06. The number of benzene rings is 2. The number of thioether (sulfide) groups is 3. The van der Waals surface area contributed by atoms with E-state index in [2.05, 4.69) is 10.3 Å². The van der Waals surface area contributed by atoms with E-state index in [0.29, 0.717) is 34.6 Å². The average Bonchev–Trinajstić information content (AvgIpc) is 2.98. The number of hydrogen-bond acceptors (Lipinski definition) is 9. The lowest BCUT2D eigenvalue weighted by Crippen LogP contribution is -2.70. The van der Waals surface area contributed by atoms with Crippen molar-refractivity contribution in [2.45, 2.75) is 28.8 Å². The number of nitrogens with two attached hydrogens (primary N) is 2. The molecular weight excluding hydrogens is 606 g/mol. The summed E-state index contributed by atoms with van der Waals surface area (Å²) in [6.07, 6.45) is 0. The SMILES string of the molecule is COc1ccc(COC(=O)C2=C(Sc3ccccc3CCl)CS[C@@H]3[C@H](NC(=O)CSCCN=C(N)N)C(=O)N23)cc1. The van der Waals surface area contributed by atoms with Crippen LogP contribution >= 0.6 is 46.9 Å². The summed E-state index contributed by atoms with van der Waals surface area (Å²) in [6.45, 7) is 0.425. The van der Waals surface area contributed by atoms with Gasteiger partial charge in [0.2, 0.25) is 5.91 Å². The smallest absolute Gasteiger partial charge is 0.356 e. The first kappa shape index (κ1) is 30.9. The van der Waals surface area contributed by atoms with Crippen LogP contribution in [0.3, 0.4) is 0 Å². The fourth-order valence-corrected chi connectivity index (χ4v) is 7.61. The van der Waals surface area contributed by atoms with E-state index in [9.17, 15) is 14.4 Å². The number of carbonyl (C=O) groups is 3. The van der Waals surface area contributed by atoms with Crippen molar-refractivity contribution in [2.75, 3.05) is 30.9 Å². The quantitative estimate of drug-likeness (QED) is 0.0749. The number of nitrogens with zero attached hydrogens (tertiary/aromatic N) is 2. The summed E-state index contributed by atoms with van der Waals surface area (Å²) in [5, 5.41) is 2.39. The number of alkyl halides is 1. The van der Waals surface area contributed by atoms with Crippen LogP contribution in [0.25, 0.3) is 0 Å². The highest BCUT2D eigenvalue weighted by Crippen LogP contribution is 2.46. The Morgan fingerprint density at radius 3 is 2.66 bits per heavy atom. The highest BCUT2D eigenvalue weighted by molar-refractivity contribution is 8.06. The van der Waals surface area contributed by atoms with Crippen molar-refractivity contribution in [3.8, 4) is 5.75 Å². The van der Waals surface area contributed by atoms with E-state index in [1.165, 1.54) is 40.2 Å². The molecule has 1 saturated heterocycles. The van der Waals surface area contributed by atoms with Crippen molar-refractivity contribution in [1.82, 2.24) is 10.2 Å². The Bertz CT molecular complexity index is 1340. The summed E-state index contributed by atoms with van der Waals surface area (Å²) in [6, 6.07) is 14.1. The molecular formula is C27H30ClN5O5S3. The molecule has 2 aliphatic heterocycles. The van der Waals surface area contributed by atoms with Gasteiger partial charge in [0.1, 0.15) is 29.5 Å². The van der Waals surface area contributed by atoms with Crippen LogP contribution in [0, 0.1) is 0 Å². The zero-order valence-corrected chi connectivity index (χ0v) is 25.4. The Morgan fingerprint density at radius 2 is 1.95 bits per heavy atom. The van der Waals surface area contributed by atoms with Crippen LogP contribution in [-0.2, 0) is 31.6 Å². The van der Waals surface area contributed by atoms with Gasteiger partial charge in [-0.2, -0.15) is 11.8 Å². The van der Waals surface area contributed by atoms with Crippen molar-refractivity contribution in [3.05, 3.63) is 70.3 Å². The molecule has 2 amide bonds. The van der Waals surface area contributed by atoms with E-state index in [0.717, 1.165) is 16.0 Å². The van der Waals surface area contributed by atoms with Gasteiger partial charge >= 0.3 is 5.97 Å². The Kier molecular flexibility index (Phi) is 11.1. The lowest BCUT2D eigenvalue weighted by atomic mass is 10.1. The number of rotatable bonds is 13. The first-order valence-electron chi connectivity index (χ1n) is 12.5. The Balaban J connectivity index is 1.48. The van der Waals surface area contributed by atoms with Gasteiger partial charge in [-0.05, 0) is 29.3 Å². The van der Waals surface area contributed by atoms with Crippen LogP contribution in [0.15, 0.2) is 69.0 Å². The highest BCUT2D eigenvalue weighted by Gasteiger charge is 2.54. The maximum Gasteiger partial charge on any atom is 0.356 e. The van der Waals surface area contributed by atoms with Gasteiger partial charge in [0.05, 0.1) is 19.4 Å². The van der Waals surface area contributed by atoms with Crippen molar-refractivity contribution < 1.29 is 23.9 Å². The van der Waals surface area contributed by atoms with E-state index in [1.54, 1.807) is 19.2 Å². The minimum absolute atomic E-state index is 0.000376. The number of amides is 2. The first-order valence-corrected chi connectivity index (χ1v) is 16.1. The monoisotopic (exact) mass is 635 g/mol. The number of aliphatic imine (C=N–C) groups is 1. The summed E-state index contributed by atoms with van der Waals surface area (Å²) in [7, 11) is 1.58. The predicted molar refractivity (Wildman–Crippen MR) is 165 cm³/mol. The number of halogens is 1. The summed E-state index contributed by atoms with van der Waals surface area (Å²) < 4.78 is 10.9. The number of β-lactam (4-membered cyclic amide) rings is 1. The molecule has 0 spiro atoms.